The van der Waals surface area contributed by atoms with Crippen molar-refractivity contribution >= 4 is 5.82 Å². The maximum Gasteiger partial charge on any atom is 0.146 e. The third kappa shape index (κ3) is 2.52. The fourth-order valence-electron chi connectivity index (χ4n) is 4.11. The summed E-state index contributed by atoms with van der Waals surface area (Å²) in [6.07, 6.45) is 11.4. The van der Waals surface area contributed by atoms with Crippen LogP contribution in [0.15, 0.2) is 0 Å². The number of rotatable bonds is 2. The van der Waals surface area contributed by atoms with Crippen LogP contribution in [0.2, 0.25) is 0 Å². The molecule has 2 unspecified atom stereocenters. The van der Waals surface area contributed by atoms with Crippen molar-refractivity contribution in [2.45, 2.75) is 76.5 Å². The Hall–Kier alpha value is -1.19. The molecular formula is C16H28N4. The summed E-state index contributed by atoms with van der Waals surface area (Å²) < 4.78 is 1.69. The number of imidazole rings is 1. The summed E-state index contributed by atoms with van der Waals surface area (Å²) in [5.41, 5.74) is 7.34. The van der Waals surface area contributed by atoms with Crippen molar-refractivity contribution in [3.8, 4) is 0 Å². The molecule has 2 aliphatic rings. The van der Waals surface area contributed by atoms with Crippen molar-refractivity contribution in [3.63, 3.8) is 0 Å². The van der Waals surface area contributed by atoms with Crippen molar-refractivity contribution in [2.75, 3.05) is 11.6 Å². The molecule has 0 aliphatic heterocycles. The minimum Gasteiger partial charge on any atom is -0.382 e. The van der Waals surface area contributed by atoms with E-state index >= 15 is 0 Å². The second-order valence-corrected chi connectivity index (χ2v) is 6.91. The van der Waals surface area contributed by atoms with Crippen molar-refractivity contribution in [3.05, 3.63) is 11.5 Å². The summed E-state index contributed by atoms with van der Waals surface area (Å²) in [6.45, 7) is 2.34. The van der Waals surface area contributed by atoms with Crippen molar-refractivity contribution in [2.24, 2.45) is 5.92 Å². The monoisotopic (exact) mass is 276 g/mol. The SMILES string of the molecule is CC1CCCC(c2nc(C3CCCCC3)n(N)c2N)C1. The molecule has 112 valence electrons. The molecule has 0 spiro atoms. The Morgan fingerprint density at radius 2 is 1.70 bits per heavy atom. The molecule has 2 atom stereocenters. The average Bonchev–Trinajstić information content (AvgIpc) is 2.76. The first-order chi connectivity index (χ1) is 9.66. The molecular weight excluding hydrogens is 248 g/mol. The zero-order valence-electron chi connectivity index (χ0n) is 12.6. The summed E-state index contributed by atoms with van der Waals surface area (Å²) in [7, 11) is 0. The van der Waals surface area contributed by atoms with Gasteiger partial charge in [0.15, 0.2) is 0 Å². The molecule has 20 heavy (non-hydrogen) atoms. The maximum atomic E-state index is 6.26. The summed E-state index contributed by atoms with van der Waals surface area (Å²) in [4.78, 5) is 4.90. The predicted molar refractivity (Wildman–Crippen MR) is 83.0 cm³/mol. The zero-order chi connectivity index (χ0) is 14.1. The van der Waals surface area contributed by atoms with Gasteiger partial charge in [-0.1, -0.05) is 39.0 Å². The first kappa shape index (κ1) is 13.8. The summed E-state index contributed by atoms with van der Waals surface area (Å²) in [6, 6.07) is 0. The molecule has 1 heterocycles. The highest BCUT2D eigenvalue weighted by Gasteiger charge is 2.29. The van der Waals surface area contributed by atoms with Gasteiger partial charge in [0.2, 0.25) is 0 Å². The molecule has 1 aromatic rings. The minimum absolute atomic E-state index is 0.519. The first-order valence-corrected chi connectivity index (χ1v) is 8.30. The van der Waals surface area contributed by atoms with E-state index in [1.54, 1.807) is 4.68 Å². The van der Waals surface area contributed by atoms with Gasteiger partial charge in [-0.05, 0) is 31.6 Å². The van der Waals surface area contributed by atoms with Crippen LogP contribution in [0.1, 0.15) is 88.1 Å². The van der Waals surface area contributed by atoms with Crippen molar-refractivity contribution in [1.82, 2.24) is 9.66 Å². The summed E-state index contributed by atoms with van der Waals surface area (Å²) in [5.74, 6) is 9.78. The lowest BCUT2D eigenvalue weighted by Crippen LogP contribution is -2.19. The normalized spacial score (nSPS) is 28.6. The molecule has 2 saturated carbocycles. The second-order valence-electron chi connectivity index (χ2n) is 6.91. The third-order valence-electron chi connectivity index (χ3n) is 5.30. The number of nitrogen functional groups attached to an aromatic ring is 2. The van der Waals surface area contributed by atoms with Gasteiger partial charge in [-0.15, -0.1) is 0 Å². The topological polar surface area (TPSA) is 69.9 Å². The molecule has 4 nitrogen and oxygen atoms in total. The molecule has 2 fully saturated rings. The van der Waals surface area contributed by atoms with Crippen LogP contribution >= 0.6 is 0 Å². The van der Waals surface area contributed by atoms with Gasteiger partial charge < -0.3 is 11.6 Å². The van der Waals surface area contributed by atoms with Crippen molar-refractivity contribution < 1.29 is 0 Å². The Morgan fingerprint density at radius 3 is 2.40 bits per heavy atom. The Kier molecular flexibility index (Phi) is 3.90. The molecule has 0 bridgehead atoms. The van der Waals surface area contributed by atoms with Gasteiger partial charge in [-0.3, -0.25) is 0 Å². The van der Waals surface area contributed by atoms with E-state index in [1.807, 2.05) is 0 Å². The highest BCUT2D eigenvalue weighted by Crippen LogP contribution is 2.40. The van der Waals surface area contributed by atoms with Gasteiger partial charge in [0.1, 0.15) is 11.6 Å². The lowest BCUT2D eigenvalue weighted by molar-refractivity contribution is 0.340. The van der Waals surface area contributed by atoms with Crippen LogP contribution in [0, 0.1) is 5.92 Å². The highest BCUT2D eigenvalue weighted by molar-refractivity contribution is 5.41. The fraction of sp³-hybridized carbons (Fsp3) is 0.812. The molecule has 0 aromatic carbocycles. The molecule has 0 saturated heterocycles. The van der Waals surface area contributed by atoms with Crippen LogP contribution in [-0.4, -0.2) is 9.66 Å². The number of aromatic nitrogens is 2. The Balaban J connectivity index is 1.84. The van der Waals surface area contributed by atoms with Gasteiger partial charge in [0.25, 0.3) is 0 Å². The van der Waals surface area contributed by atoms with Gasteiger partial charge in [0.05, 0.1) is 5.69 Å². The highest BCUT2D eigenvalue weighted by atomic mass is 15.4. The molecule has 3 rings (SSSR count). The summed E-state index contributed by atoms with van der Waals surface area (Å²) >= 11 is 0. The standard InChI is InChI=1S/C16H28N4/c1-11-6-5-9-13(10-11)14-15(17)20(18)16(19-14)12-7-3-2-4-8-12/h11-13H,2-10,17-18H2,1H3. The van der Waals surface area contributed by atoms with Gasteiger partial charge >= 0.3 is 0 Å². The average molecular weight is 276 g/mol. The van der Waals surface area contributed by atoms with E-state index < -0.39 is 0 Å². The van der Waals surface area contributed by atoms with Crippen LogP contribution in [-0.2, 0) is 0 Å². The predicted octanol–water partition coefficient (Wildman–Crippen LogP) is 3.52. The molecule has 1 aromatic heterocycles. The van der Waals surface area contributed by atoms with Crippen LogP contribution < -0.4 is 11.6 Å². The van der Waals surface area contributed by atoms with E-state index in [2.05, 4.69) is 6.92 Å². The lowest BCUT2D eigenvalue weighted by atomic mass is 9.81. The zero-order valence-corrected chi connectivity index (χ0v) is 12.6. The van der Waals surface area contributed by atoms with Crippen LogP contribution in [0.3, 0.4) is 0 Å². The first-order valence-electron chi connectivity index (χ1n) is 8.30. The number of hydrogen-bond donors (Lipinski definition) is 2. The van der Waals surface area contributed by atoms with E-state index in [4.69, 9.17) is 16.6 Å². The van der Waals surface area contributed by atoms with Crippen LogP contribution in [0.4, 0.5) is 5.82 Å². The largest absolute Gasteiger partial charge is 0.382 e. The lowest BCUT2D eigenvalue weighted by Gasteiger charge is -2.25. The molecule has 4 N–H and O–H groups in total. The van der Waals surface area contributed by atoms with Gasteiger partial charge in [0, 0.05) is 11.8 Å². The Labute approximate surface area is 121 Å². The van der Waals surface area contributed by atoms with Crippen molar-refractivity contribution in [1.29, 1.82) is 0 Å². The van der Waals surface area contributed by atoms with E-state index in [0.29, 0.717) is 17.7 Å². The van der Waals surface area contributed by atoms with E-state index in [0.717, 1.165) is 17.4 Å². The van der Waals surface area contributed by atoms with Crippen LogP contribution in [0.25, 0.3) is 0 Å². The van der Waals surface area contributed by atoms with E-state index in [-0.39, 0.29) is 0 Å². The van der Waals surface area contributed by atoms with E-state index in [9.17, 15) is 0 Å². The van der Waals surface area contributed by atoms with Crippen LogP contribution in [0.5, 0.6) is 0 Å². The van der Waals surface area contributed by atoms with Gasteiger partial charge in [-0.2, -0.15) is 0 Å². The quantitative estimate of drug-likeness (QED) is 0.812. The third-order valence-corrected chi connectivity index (χ3v) is 5.30. The number of hydrogen-bond acceptors (Lipinski definition) is 3. The molecule has 2 aliphatic carbocycles. The minimum atomic E-state index is 0.519. The maximum absolute atomic E-state index is 6.26. The molecule has 4 heteroatoms. The molecule has 0 radical (unpaired) electrons. The second kappa shape index (κ2) is 5.66. The number of nitrogens with zero attached hydrogens (tertiary/aromatic N) is 2. The number of anilines is 1. The summed E-state index contributed by atoms with van der Waals surface area (Å²) in [5, 5.41) is 0. The Morgan fingerprint density at radius 1 is 1.00 bits per heavy atom. The Bertz CT molecular complexity index is 459. The van der Waals surface area contributed by atoms with E-state index in [1.165, 1.54) is 57.8 Å². The number of nitrogens with two attached hydrogens (primary N) is 2. The smallest absolute Gasteiger partial charge is 0.146 e. The van der Waals surface area contributed by atoms with Gasteiger partial charge in [-0.25, -0.2) is 9.66 Å². The fourth-order valence-corrected chi connectivity index (χ4v) is 4.11. The molecule has 0 amide bonds.